The van der Waals surface area contributed by atoms with Gasteiger partial charge in [-0.05, 0) is 85.5 Å². The first-order valence-corrected chi connectivity index (χ1v) is 12.3. The van der Waals surface area contributed by atoms with Crippen molar-refractivity contribution in [3.8, 4) is 23.0 Å². The molecule has 1 amide bonds. The van der Waals surface area contributed by atoms with Gasteiger partial charge in [0.1, 0.15) is 18.1 Å². The maximum absolute atomic E-state index is 13.7. The van der Waals surface area contributed by atoms with Crippen LogP contribution in [0.4, 0.5) is 0 Å². The molecular weight excluding hydrogens is 470 g/mol. The van der Waals surface area contributed by atoms with E-state index in [4.69, 9.17) is 23.7 Å². The predicted octanol–water partition coefficient (Wildman–Crippen LogP) is 5.41. The van der Waals surface area contributed by atoms with Crippen LogP contribution < -0.4 is 18.9 Å². The van der Waals surface area contributed by atoms with Crippen molar-refractivity contribution in [2.24, 2.45) is 0 Å². The van der Waals surface area contributed by atoms with Crippen LogP contribution in [0.2, 0.25) is 0 Å². The molecule has 3 aromatic rings. The van der Waals surface area contributed by atoms with Gasteiger partial charge in [0.25, 0.3) is 5.91 Å². The number of carbonyl (C=O) groups excluding carboxylic acids is 1. The number of benzene rings is 3. The number of nitrogens with zero attached hydrogens (tertiary/aromatic N) is 1. The molecule has 196 valence electrons. The summed E-state index contributed by atoms with van der Waals surface area (Å²) in [5.74, 6) is 2.66. The minimum absolute atomic E-state index is 0.0612. The fourth-order valence-electron chi connectivity index (χ4n) is 4.60. The topological polar surface area (TPSA) is 66.5 Å². The van der Waals surface area contributed by atoms with Crippen LogP contribution in [0.15, 0.2) is 60.7 Å². The summed E-state index contributed by atoms with van der Waals surface area (Å²) < 4.78 is 28.2. The Kier molecular flexibility index (Phi) is 7.93. The van der Waals surface area contributed by atoms with E-state index in [1.807, 2.05) is 55.1 Å². The second-order valence-corrected chi connectivity index (χ2v) is 9.45. The predicted molar refractivity (Wildman–Crippen MR) is 142 cm³/mol. The van der Waals surface area contributed by atoms with E-state index in [-0.39, 0.29) is 18.6 Å². The molecule has 1 unspecified atom stereocenters. The van der Waals surface area contributed by atoms with Crippen LogP contribution in [0.1, 0.15) is 46.9 Å². The number of carbonyl (C=O) groups is 1. The molecule has 0 radical (unpaired) electrons. The molecule has 0 saturated heterocycles. The van der Waals surface area contributed by atoms with Gasteiger partial charge >= 0.3 is 0 Å². The average molecular weight is 506 g/mol. The van der Waals surface area contributed by atoms with Crippen LogP contribution >= 0.6 is 0 Å². The summed E-state index contributed by atoms with van der Waals surface area (Å²) in [7, 11) is 6.54. The molecule has 7 nitrogen and oxygen atoms in total. The number of hydrogen-bond donors (Lipinski definition) is 0. The van der Waals surface area contributed by atoms with Crippen LogP contribution in [-0.2, 0) is 16.8 Å². The van der Waals surface area contributed by atoms with Gasteiger partial charge in [-0.25, -0.2) is 0 Å². The van der Waals surface area contributed by atoms with Crippen LogP contribution in [0, 0.1) is 0 Å². The molecule has 1 heterocycles. The number of amides is 1. The van der Waals surface area contributed by atoms with E-state index in [0.29, 0.717) is 35.8 Å². The van der Waals surface area contributed by atoms with Gasteiger partial charge in [-0.2, -0.15) is 0 Å². The third-order valence-corrected chi connectivity index (χ3v) is 7.07. The molecule has 1 aliphatic rings. The van der Waals surface area contributed by atoms with Gasteiger partial charge in [0.15, 0.2) is 11.5 Å². The highest BCUT2D eigenvalue weighted by atomic mass is 16.5. The average Bonchev–Trinajstić information content (AvgIpc) is 2.94. The number of methoxy groups -OCH3 is 4. The van der Waals surface area contributed by atoms with Crippen molar-refractivity contribution in [3.05, 3.63) is 82.9 Å². The Hall–Kier alpha value is -3.71. The molecule has 0 fully saturated rings. The highest BCUT2D eigenvalue weighted by Gasteiger charge is 2.33. The molecule has 37 heavy (non-hydrogen) atoms. The van der Waals surface area contributed by atoms with Gasteiger partial charge in [0.2, 0.25) is 0 Å². The summed E-state index contributed by atoms with van der Waals surface area (Å²) in [5.41, 5.74) is 3.36. The van der Waals surface area contributed by atoms with E-state index in [0.717, 1.165) is 22.4 Å². The normalized spacial score (nSPS) is 15.1. The van der Waals surface area contributed by atoms with Crippen molar-refractivity contribution in [3.63, 3.8) is 0 Å². The van der Waals surface area contributed by atoms with Crippen molar-refractivity contribution < 1.29 is 28.5 Å². The largest absolute Gasteiger partial charge is 0.497 e. The molecule has 1 aliphatic heterocycles. The van der Waals surface area contributed by atoms with E-state index in [9.17, 15) is 4.79 Å². The van der Waals surface area contributed by atoms with Gasteiger partial charge in [-0.1, -0.05) is 12.1 Å². The maximum atomic E-state index is 13.7. The fourth-order valence-corrected chi connectivity index (χ4v) is 4.60. The fraction of sp³-hybridized carbons (Fsp3) is 0.367. The second-order valence-electron chi connectivity index (χ2n) is 9.45. The summed E-state index contributed by atoms with van der Waals surface area (Å²) >= 11 is 0. The lowest BCUT2D eigenvalue weighted by atomic mass is 9.91. The quantitative estimate of drug-likeness (QED) is 0.387. The number of rotatable bonds is 9. The number of fused-ring (bicyclic) bond motifs is 1. The van der Waals surface area contributed by atoms with Crippen molar-refractivity contribution in [1.82, 2.24) is 4.90 Å². The van der Waals surface area contributed by atoms with E-state index < -0.39 is 5.60 Å². The van der Waals surface area contributed by atoms with Crippen LogP contribution in [0.3, 0.4) is 0 Å². The van der Waals surface area contributed by atoms with Crippen molar-refractivity contribution in [2.75, 3.05) is 41.6 Å². The zero-order valence-corrected chi connectivity index (χ0v) is 22.4. The first-order chi connectivity index (χ1) is 17.8. The Morgan fingerprint density at radius 3 is 2.08 bits per heavy atom. The van der Waals surface area contributed by atoms with E-state index >= 15 is 0 Å². The van der Waals surface area contributed by atoms with Crippen molar-refractivity contribution in [1.29, 1.82) is 0 Å². The molecule has 0 bridgehead atoms. The van der Waals surface area contributed by atoms with Gasteiger partial charge in [-0.3, -0.25) is 4.79 Å². The summed E-state index contributed by atoms with van der Waals surface area (Å²) in [4.78, 5) is 15.5. The first kappa shape index (κ1) is 26.4. The summed E-state index contributed by atoms with van der Waals surface area (Å²) in [6.07, 6.45) is 0.703. The lowest BCUT2D eigenvalue weighted by Crippen LogP contribution is -2.42. The van der Waals surface area contributed by atoms with Crippen molar-refractivity contribution >= 4 is 5.91 Å². The standard InChI is InChI=1S/C30H35NO6/c1-30(2,36-6)22-9-13-24(14-10-22)37-19-26-25-18-28(35-5)27(34-4)17-21(25)15-16-31(26)29(32)20-7-11-23(33-3)12-8-20/h7-14,17-18,26H,15-16,19H2,1-6H3. The number of ether oxygens (including phenoxy) is 5. The van der Waals surface area contributed by atoms with Crippen LogP contribution in [-0.4, -0.2) is 52.4 Å². The zero-order valence-electron chi connectivity index (χ0n) is 22.4. The lowest BCUT2D eigenvalue weighted by molar-refractivity contribution is 0.0191. The van der Waals surface area contributed by atoms with Gasteiger partial charge in [-0.15, -0.1) is 0 Å². The van der Waals surface area contributed by atoms with E-state index in [2.05, 4.69) is 0 Å². The van der Waals surface area contributed by atoms with Crippen molar-refractivity contribution in [2.45, 2.75) is 31.9 Å². The molecule has 0 saturated carbocycles. The third kappa shape index (κ3) is 5.52. The molecule has 0 aliphatic carbocycles. The van der Waals surface area contributed by atoms with Crippen LogP contribution in [0.5, 0.6) is 23.0 Å². The minimum atomic E-state index is -0.391. The Morgan fingerprint density at radius 2 is 1.49 bits per heavy atom. The van der Waals surface area contributed by atoms with Gasteiger partial charge < -0.3 is 28.6 Å². The van der Waals surface area contributed by atoms with Gasteiger partial charge in [0, 0.05) is 19.2 Å². The second kappa shape index (κ2) is 11.1. The third-order valence-electron chi connectivity index (χ3n) is 7.07. The van der Waals surface area contributed by atoms with E-state index in [1.54, 1.807) is 52.7 Å². The molecular formula is C30H35NO6. The summed E-state index contributed by atoms with van der Waals surface area (Å²) in [6, 6.07) is 18.7. The summed E-state index contributed by atoms with van der Waals surface area (Å²) in [5, 5.41) is 0. The maximum Gasteiger partial charge on any atom is 0.254 e. The SMILES string of the molecule is COc1ccc(C(=O)N2CCc3cc(OC)c(OC)cc3C2COc2ccc(C(C)(C)OC)cc2)cc1. The Morgan fingerprint density at radius 1 is 0.865 bits per heavy atom. The van der Waals surface area contributed by atoms with Gasteiger partial charge in [0.05, 0.1) is 33.0 Å². The monoisotopic (exact) mass is 505 g/mol. The van der Waals surface area contributed by atoms with Crippen LogP contribution in [0.25, 0.3) is 0 Å². The molecule has 7 heteroatoms. The molecule has 3 aromatic carbocycles. The molecule has 1 atom stereocenters. The Labute approximate surface area is 218 Å². The number of hydrogen-bond acceptors (Lipinski definition) is 6. The Balaban J connectivity index is 1.65. The minimum Gasteiger partial charge on any atom is -0.497 e. The first-order valence-electron chi connectivity index (χ1n) is 12.3. The highest BCUT2D eigenvalue weighted by molar-refractivity contribution is 5.95. The molecule has 0 spiro atoms. The molecule has 0 N–H and O–H groups in total. The Bertz CT molecular complexity index is 1220. The molecule has 0 aromatic heterocycles. The van der Waals surface area contributed by atoms with E-state index in [1.165, 1.54) is 0 Å². The smallest absolute Gasteiger partial charge is 0.254 e. The molecule has 4 rings (SSSR count). The zero-order chi connectivity index (χ0) is 26.6. The lowest BCUT2D eigenvalue weighted by Gasteiger charge is -2.37. The highest BCUT2D eigenvalue weighted by Crippen LogP contribution is 2.39. The summed E-state index contributed by atoms with van der Waals surface area (Å²) in [6.45, 7) is 4.89.